The van der Waals surface area contributed by atoms with E-state index in [1.807, 2.05) is 30.3 Å². The Balaban J connectivity index is 0.000000218. The molecule has 1 aromatic carbocycles. The quantitative estimate of drug-likeness (QED) is 0.685. The molecule has 0 aliphatic heterocycles. The van der Waals surface area contributed by atoms with E-state index >= 15 is 0 Å². The summed E-state index contributed by atoms with van der Waals surface area (Å²) in [5.74, 6) is 0. The van der Waals surface area contributed by atoms with Gasteiger partial charge in [0, 0.05) is 15.7 Å². The van der Waals surface area contributed by atoms with Crippen LogP contribution in [-0.4, -0.2) is 10.7 Å². The summed E-state index contributed by atoms with van der Waals surface area (Å²) in [5.41, 5.74) is 0. The van der Waals surface area contributed by atoms with Crippen molar-refractivity contribution in [2.24, 2.45) is 0 Å². The Morgan fingerprint density at radius 2 is 1.45 bits per heavy atom. The first-order chi connectivity index (χ1) is 5.31. The van der Waals surface area contributed by atoms with E-state index in [4.69, 9.17) is 11.6 Å². The van der Waals surface area contributed by atoms with Crippen LogP contribution in [0.2, 0.25) is 5.02 Å². The van der Waals surface area contributed by atoms with Crippen molar-refractivity contribution in [1.29, 1.82) is 0 Å². The summed E-state index contributed by atoms with van der Waals surface area (Å²) in [6, 6.07) is 9.44. The average molecular weight is 300 g/mol. The van der Waals surface area contributed by atoms with E-state index in [0.29, 0.717) is 0 Å². The predicted octanol–water partition coefficient (Wildman–Crippen LogP) is 4.12. The average Bonchev–Trinajstić information content (AvgIpc) is 2.07. The van der Waals surface area contributed by atoms with Gasteiger partial charge < -0.3 is 0 Å². The largest absolute Gasteiger partial charge is 0.0919 e. The molecule has 0 aromatic heterocycles. The SMILES string of the molecule is BrCCBr.Clc1ccccc1. The Morgan fingerprint density at radius 1 is 1.00 bits per heavy atom. The standard InChI is InChI=1S/C6H5Cl.C2H4Br2/c7-6-4-2-1-3-5-6;3-1-2-4/h1-5H;1-2H2. The van der Waals surface area contributed by atoms with Crippen molar-refractivity contribution in [1.82, 2.24) is 0 Å². The lowest BCUT2D eigenvalue weighted by molar-refractivity contribution is 1.62. The van der Waals surface area contributed by atoms with E-state index in [1.165, 1.54) is 0 Å². The molecular formula is C8H9Br2Cl. The number of alkyl halides is 2. The molecule has 0 N–H and O–H groups in total. The first kappa shape index (κ1) is 11.5. The molecule has 0 saturated carbocycles. The third-order valence-electron chi connectivity index (χ3n) is 0.805. The van der Waals surface area contributed by atoms with Gasteiger partial charge in [0.1, 0.15) is 0 Å². The number of rotatable bonds is 1. The second kappa shape index (κ2) is 8.57. The smallest absolute Gasteiger partial charge is 0.0405 e. The maximum atomic E-state index is 5.54. The first-order valence-corrected chi connectivity index (χ1v) is 5.76. The van der Waals surface area contributed by atoms with Crippen molar-refractivity contribution >= 4 is 43.5 Å². The van der Waals surface area contributed by atoms with Gasteiger partial charge in [-0.3, -0.25) is 0 Å². The molecule has 0 heterocycles. The van der Waals surface area contributed by atoms with Crippen molar-refractivity contribution < 1.29 is 0 Å². The normalized spacial score (nSPS) is 8.27. The zero-order valence-corrected chi connectivity index (χ0v) is 9.86. The zero-order valence-electron chi connectivity index (χ0n) is 5.93. The van der Waals surface area contributed by atoms with Crippen molar-refractivity contribution in [2.75, 3.05) is 10.7 Å². The summed E-state index contributed by atoms with van der Waals surface area (Å²) in [4.78, 5) is 0. The van der Waals surface area contributed by atoms with E-state index in [-0.39, 0.29) is 0 Å². The molecule has 0 radical (unpaired) electrons. The van der Waals surface area contributed by atoms with E-state index in [9.17, 15) is 0 Å². The fourth-order valence-corrected chi connectivity index (χ4v) is 0.560. The molecule has 11 heavy (non-hydrogen) atoms. The van der Waals surface area contributed by atoms with Crippen LogP contribution in [0.1, 0.15) is 0 Å². The van der Waals surface area contributed by atoms with Crippen molar-refractivity contribution in [3.8, 4) is 0 Å². The molecule has 0 aliphatic carbocycles. The fraction of sp³-hybridized carbons (Fsp3) is 0.250. The van der Waals surface area contributed by atoms with Gasteiger partial charge in [0.2, 0.25) is 0 Å². The zero-order chi connectivity index (χ0) is 8.53. The summed E-state index contributed by atoms with van der Waals surface area (Å²) >= 11 is 11.9. The highest BCUT2D eigenvalue weighted by molar-refractivity contribution is 9.11. The number of benzene rings is 1. The molecule has 0 spiro atoms. The van der Waals surface area contributed by atoms with Crippen LogP contribution in [0.15, 0.2) is 30.3 Å². The maximum absolute atomic E-state index is 5.54. The Morgan fingerprint density at radius 3 is 1.64 bits per heavy atom. The number of hydrogen-bond acceptors (Lipinski definition) is 0. The minimum atomic E-state index is 0.794. The third kappa shape index (κ3) is 8.38. The van der Waals surface area contributed by atoms with Gasteiger partial charge in [0.05, 0.1) is 0 Å². The molecule has 3 heteroatoms. The molecule has 0 bridgehead atoms. The van der Waals surface area contributed by atoms with E-state index < -0.39 is 0 Å². The summed E-state index contributed by atoms with van der Waals surface area (Å²) in [5, 5.41) is 2.89. The van der Waals surface area contributed by atoms with Crippen LogP contribution in [0.5, 0.6) is 0 Å². The molecule has 0 atom stereocenters. The van der Waals surface area contributed by atoms with E-state index in [1.54, 1.807) is 0 Å². The molecule has 0 unspecified atom stereocenters. The summed E-state index contributed by atoms with van der Waals surface area (Å²) in [6.45, 7) is 0. The minimum absolute atomic E-state index is 0.794. The van der Waals surface area contributed by atoms with Gasteiger partial charge in [-0.15, -0.1) is 0 Å². The first-order valence-electron chi connectivity index (χ1n) is 3.13. The maximum Gasteiger partial charge on any atom is 0.0405 e. The van der Waals surface area contributed by atoms with Gasteiger partial charge in [0.15, 0.2) is 0 Å². The molecular weight excluding hydrogens is 291 g/mol. The Kier molecular flexibility index (Phi) is 8.93. The predicted molar refractivity (Wildman–Crippen MR) is 59.0 cm³/mol. The van der Waals surface area contributed by atoms with Crippen LogP contribution in [0.4, 0.5) is 0 Å². The monoisotopic (exact) mass is 298 g/mol. The molecule has 1 aromatic rings. The van der Waals surface area contributed by atoms with Crippen LogP contribution in [0.3, 0.4) is 0 Å². The summed E-state index contributed by atoms with van der Waals surface area (Å²) < 4.78 is 0. The lowest BCUT2D eigenvalue weighted by atomic mass is 10.4. The van der Waals surface area contributed by atoms with Gasteiger partial charge in [-0.2, -0.15) is 0 Å². The van der Waals surface area contributed by atoms with Crippen LogP contribution in [-0.2, 0) is 0 Å². The van der Waals surface area contributed by atoms with E-state index in [2.05, 4.69) is 31.9 Å². The molecule has 0 fully saturated rings. The lowest BCUT2D eigenvalue weighted by Gasteiger charge is -1.80. The highest BCUT2D eigenvalue weighted by Gasteiger charge is 1.74. The van der Waals surface area contributed by atoms with Gasteiger partial charge >= 0.3 is 0 Å². The van der Waals surface area contributed by atoms with Crippen molar-refractivity contribution in [3.05, 3.63) is 35.4 Å². The van der Waals surface area contributed by atoms with Crippen LogP contribution in [0.25, 0.3) is 0 Å². The van der Waals surface area contributed by atoms with Gasteiger partial charge in [-0.05, 0) is 12.1 Å². The van der Waals surface area contributed by atoms with Crippen LogP contribution in [0, 0.1) is 0 Å². The van der Waals surface area contributed by atoms with Crippen LogP contribution < -0.4 is 0 Å². The van der Waals surface area contributed by atoms with Gasteiger partial charge in [0.25, 0.3) is 0 Å². The molecule has 0 nitrogen and oxygen atoms in total. The molecule has 0 aliphatic rings. The highest BCUT2D eigenvalue weighted by Crippen LogP contribution is 2.03. The summed E-state index contributed by atoms with van der Waals surface area (Å²) in [6.07, 6.45) is 0. The van der Waals surface area contributed by atoms with Crippen molar-refractivity contribution in [2.45, 2.75) is 0 Å². The Hall–Kier alpha value is 0.470. The van der Waals surface area contributed by atoms with Gasteiger partial charge in [-0.1, -0.05) is 61.7 Å². The summed E-state index contributed by atoms with van der Waals surface area (Å²) in [7, 11) is 0. The van der Waals surface area contributed by atoms with E-state index in [0.717, 1.165) is 15.7 Å². The fourth-order valence-electron chi connectivity index (χ4n) is 0.415. The number of halogens is 3. The molecule has 1 rings (SSSR count). The second-order valence-corrected chi connectivity index (χ2v) is 3.70. The van der Waals surface area contributed by atoms with Gasteiger partial charge in [-0.25, -0.2) is 0 Å². The lowest BCUT2D eigenvalue weighted by Crippen LogP contribution is -1.61. The molecule has 62 valence electrons. The Bertz CT molecular complexity index is 163. The second-order valence-electron chi connectivity index (χ2n) is 1.67. The Labute approximate surface area is 89.2 Å². The third-order valence-corrected chi connectivity index (χ3v) is 2.91. The minimum Gasteiger partial charge on any atom is -0.0919 e. The molecule has 0 saturated heterocycles. The highest BCUT2D eigenvalue weighted by atomic mass is 79.9. The van der Waals surface area contributed by atoms with Crippen molar-refractivity contribution in [3.63, 3.8) is 0 Å². The topological polar surface area (TPSA) is 0 Å². The molecule has 0 amide bonds. The van der Waals surface area contributed by atoms with Crippen LogP contribution >= 0.6 is 43.5 Å². The number of hydrogen-bond donors (Lipinski definition) is 0.